The van der Waals surface area contributed by atoms with Crippen LogP contribution in [0.4, 0.5) is 0 Å². The van der Waals surface area contributed by atoms with Crippen LogP contribution in [0, 0.1) is 6.92 Å². The lowest BCUT2D eigenvalue weighted by Crippen LogP contribution is -2.27. The van der Waals surface area contributed by atoms with E-state index in [1.807, 2.05) is 23.1 Å². The van der Waals surface area contributed by atoms with Crippen LogP contribution in [0.1, 0.15) is 31.8 Å². The van der Waals surface area contributed by atoms with Crippen LogP contribution in [0.2, 0.25) is 0 Å². The summed E-state index contributed by atoms with van der Waals surface area (Å²) in [5.74, 6) is 8.17. The van der Waals surface area contributed by atoms with Crippen molar-refractivity contribution in [1.29, 1.82) is 0 Å². The summed E-state index contributed by atoms with van der Waals surface area (Å²) in [5.41, 5.74) is 5.76. The smallest absolute Gasteiger partial charge is 0.0810 e. The Morgan fingerprint density at radius 3 is 2.94 bits per heavy atom. The van der Waals surface area contributed by atoms with Crippen molar-refractivity contribution in [3.05, 3.63) is 43.3 Å². The topological polar surface area (TPSA) is 38.0 Å². The molecular weight excluding hydrogens is 280 g/mol. The third kappa shape index (κ3) is 2.38. The van der Waals surface area contributed by atoms with Crippen LogP contribution in [0.15, 0.2) is 17.5 Å². The van der Waals surface area contributed by atoms with E-state index in [0.29, 0.717) is 0 Å². The lowest BCUT2D eigenvalue weighted by Gasteiger charge is -2.12. The molecule has 0 radical (unpaired) electrons. The molecule has 5 heteroatoms. The van der Waals surface area contributed by atoms with E-state index < -0.39 is 0 Å². The minimum absolute atomic E-state index is 0.149. The molecule has 0 saturated carbocycles. The highest BCUT2D eigenvalue weighted by molar-refractivity contribution is 7.98. The highest BCUT2D eigenvalue weighted by atomic mass is 32.2. The summed E-state index contributed by atoms with van der Waals surface area (Å²) < 4.78 is 0. The van der Waals surface area contributed by atoms with Gasteiger partial charge < -0.3 is 0 Å². The van der Waals surface area contributed by atoms with E-state index in [2.05, 4.69) is 29.9 Å². The van der Waals surface area contributed by atoms with Crippen LogP contribution in [-0.2, 0) is 12.2 Å². The fourth-order valence-corrected chi connectivity index (χ4v) is 5.47. The first-order valence-corrected chi connectivity index (χ1v) is 8.83. The molecule has 0 aliphatic carbocycles. The molecule has 3 heterocycles. The second kappa shape index (κ2) is 5.35. The predicted molar refractivity (Wildman–Crippen MR) is 82.4 cm³/mol. The third-order valence-corrected chi connectivity index (χ3v) is 6.37. The summed E-state index contributed by atoms with van der Waals surface area (Å²) in [6.07, 6.45) is 1.21. The average Bonchev–Trinajstić information content (AvgIpc) is 2.96. The van der Waals surface area contributed by atoms with E-state index in [-0.39, 0.29) is 6.04 Å². The number of nitrogens with one attached hydrogen (secondary N) is 1. The number of hydrazine groups is 1. The maximum absolute atomic E-state index is 5.76. The molecule has 1 aliphatic rings. The molecule has 0 spiro atoms. The molecule has 1 unspecified atom stereocenters. The standard InChI is InChI=1S/C13H16N2S3/c1-8-4-10(7-17-8)13(15-14)12-5-9-6-16-3-2-11(9)18-12/h4-5,7,13,15H,2-3,6,14H2,1H3. The van der Waals surface area contributed by atoms with Crippen molar-refractivity contribution in [1.82, 2.24) is 5.43 Å². The van der Waals surface area contributed by atoms with Gasteiger partial charge in [-0.2, -0.15) is 11.8 Å². The van der Waals surface area contributed by atoms with Crippen LogP contribution in [0.5, 0.6) is 0 Å². The number of hydrogen-bond acceptors (Lipinski definition) is 5. The van der Waals surface area contributed by atoms with Crippen LogP contribution in [0.25, 0.3) is 0 Å². The molecule has 2 aromatic heterocycles. The van der Waals surface area contributed by atoms with Gasteiger partial charge >= 0.3 is 0 Å². The Hall–Kier alpha value is -0.330. The van der Waals surface area contributed by atoms with Gasteiger partial charge in [0, 0.05) is 20.4 Å². The molecule has 3 N–H and O–H groups in total. The fraction of sp³-hybridized carbons (Fsp3) is 0.385. The van der Waals surface area contributed by atoms with Crippen molar-refractivity contribution in [2.75, 3.05) is 5.75 Å². The van der Waals surface area contributed by atoms with Crippen molar-refractivity contribution in [2.24, 2.45) is 5.84 Å². The maximum Gasteiger partial charge on any atom is 0.0810 e. The highest BCUT2D eigenvalue weighted by Gasteiger charge is 2.20. The lowest BCUT2D eigenvalue weighted by atomic mass is 10.1. The van der Waals surface area contributed by atoms with Gasteiger partial charge in [-0.15, -0.1) is 22.7 Å². The van der Waals surface area contributed by atoms with Gasteiger partial charge in [0.25, 0.3) is 0 Å². The predicted octanol–water partition coefficient (Wildman–Crippen LogP) is 3.46. The number of nitrogens with two attached hydrogens (primary N) is 1. The summed E-state index contributed by atoms with van der Waals surface area (Å²) in [7, 11) is 0. The first kappa shape index (κ1) is 12.7. The number of rotatable bonds is 3. The van der Waals surface area contributed by atoms with Crippen LogP contribution in [-0.4, -0.2) is 5.75 Å². The first-order valence-electron chi connectivity index (χ1n) is 5.98. The van der Waals surface area contributed by atoms with Gasteiger partial charge in [0.2, 0.25) is 0 Å². The Morgan fingerprint density at radius 1 is 1.39 bits per heavy atom. The van der Waals surface area contributed by atoms with Crippen molar-refractivity contribution in [2.45, 2.75) is 25.1 Å². The first-order chi connectivity index (χ1) is 8.78. The zero-order chi connectivity index (χ0) is 12.5. The third-order valence-electron chi connectivity index (χ3n) is 3.18. The number of hydrogen-bond donors (Lipinski definition) is 2. The summed E-state index contributed by atoms with van der Waals surface area (Å²) in [6.45, 7) is 2.14. The molecule has 1 atom stereocenters. The second-order valence-corrected chi connectivity index (χ2v) is 7.88. The Bertz CT molecular complexity index is 521. The molecule has 3 rings (SSSR count). The Morgan fingerprint density at radius 2 is 2.28 bits per heavy atom. The molecule has 2 aromatic rings. The minimum atomic E-state index is 0.149. The molecule has 0 amide bonds. The molecule has 18 heavy (non-hydrogen) atoms. The summed E-state index contributed by atoms with van der Waals surface area (Å²) in [5, 5.41) is 2.20. The molecule has 1 aliphatic heterocycles. The minimum Gasteiger partial charge on any atom is -0.271 e. The normalized spacial score (nSPS) is 16.6. The Kier molecular flexibility index (Phi) is 3.77. The average molecular weight is 296 g/mol. The number of thioether (sulfide) groups is 1. The molecular formula is C13H16N2S3. The van der Waals surface area contributed by atoms with Crippen molar-refractivity contribution in [3.8, 4) is 0 Å². The molecule has 96 valence electrons. The number of fused-ring (bicyclic) bond motifs is 1. The van der Waals surface area contributed by atoms with Crippen molar-refractivity contribution in [3.63, 3.8) is 0 Å². The largest absolute Gasteiger partial charge is 0.271 e. The lowest BCUT2D eigenvalue weighted by molar-refractivity contribution is 0.648. The summed E-state index contributed by atoms with van der Waals surface area (Å²) in [4.78, 5) is 4.24. The van der Waals surface area contributed by atoms with Crippen LogP contribution >= 0.6 is 34.4 Å². The van der Waals surface area contributed by atoms with Gasteiger partial charge in [-0.1, -0.05) is 0 Å². The van der Waals surface area contributed by atoms with E-state index in [4.69, 9.17) is 5.84 Å². The molecule has 2 nitrogen and oxygen atoms in total. The SMILES string of the molecule is Cc1cc(C(NN)c2cc3c(s2)CCSC3)cs1. The molecule has 0 bridgehead atoms. The van der Waals surface area contributed by atoms with Crippen molar-refractivity contribution < 1.29 is 0 Å². The fourth-order valence-electron chi connectivity index (χ4n) is 2.27. The second-order valence-electron chi connectivity index (χ2n) is 4.49. The van der Waals surface area contributed by atoms with E-state index >= 15 is 0 Å². The Labute approximate surface area is 120 Å². The van der Waals surface area contributed by atoms with Gasteiger partial charge in [0.1, 0.15) is 0 Å². The van der Waals surface area contributed by atoms with Crippen LogP contribution in [0.3, 0.4) is 0 Å². The maximum atomic E-state index is 5.76. The van der Waals surface area contributed by atoms with Crippen LogP contribution < -0.4 is 11.3 Å². The van der Waals surface area contributed by atoms with E-state index in [1.54, 1.807) is 16.2 Å². The zero-order valence-corrected chi connectivity index (χ0v) is 12.7. The van der Waals surface area contributed by atoms with Gasteiger partial charge in [-0.05, 0) is 47.7 Å². The molecule has 0 fully saturated rings. The quantitative estimate of drug-likeness (QED) is 0.673. The zero-order valence-electron chi connectivity index (χ0n) is 10.2. The van der Waals surface area contributed by atoms with Crippen molar-refractivity contribution >= 4 is 34.4 Å². The number of aryl methyl sites for hydroxylation is 2. The van der Waals surface area contributed by atoms with E-state index in [0.717, 1.165) is 5.75 Å². The summed E-state index contributed by atoms with van der Waals surface area (Å²) >= 11 is 5.73. The molecule has 0 aromatic carbocycles. The van der Waals surface area contributed by atoms with Gasteiger partial charge in [0.05, 0.1) is 6.04 Å². The van der Waals surface area contributed by atoms with Gasteiger partial charge in [-0.25, -0.2) is 5.43 Å². The van der Waals surface area contributed by atoms with Gasteiger partial charge in [-0.3, -0.25) is 5.84 Å². The molecule has 0 saturated heterocycles. The van der Waals surface area contributed by atoms with E-state index in [9.17, 15) is 0 Å². The monoisotopic (exact) mass is 296 g/mol. The van der Waals surface area contributed by atoms with E-state index in [1.165, 1.54) is 33.1 Å². The van der Waals surface area contributed by atoms with Gasteiger partial charge in [0.15, 0.2) is 0 Å². The Balaban J connectivity index is 1.94. The summed E-state index contributed by atoms with van der Waals surface area (Å²) in [6, 6.07) is 4.71. The number of thiophene rings is 2. The highest BCUT2D eigenvalue weighted by Crippen LogP contribution is 2.37.